The summed E-state index contributed by atoms with van der Waals surface area (Å²) in [5, 5.41) is 2.83. The number of benzene rings is 1. The SMILES string of the molecule is COCCOCC(=O)Nc1c(C)cc(N2CCc3cc(C(F)(F)F)ccc3C2)nc1C. The lowest BCUT2D eigenvalue weighted by Crippen LogP contribution is -2.31. The molecule has 31 heavy (non-hydrogen) atoms. The number of anilines is 2. The van der Waals surface area contributed by atoms with Crippen molar-refractivity contribution in [2.45, 2.75) is 33.0 Å². The van der Waals surface area contributed by atoms with Crippen LogP contribution in [0.5, 0.6) is 0 Å². The third kappa shape index (κ3) is 5.74. The van der Waals surface area contributed by atoms with Gasteiger partial charge < -0.3 is 19.7 Å². The summed E-state index contributed by atoms with van der Waals surface area (Å²) < 4.78 is 49.0. The number of alkyl halides is 3. The van der Waals surface area contributed by atoms with Crippen LogP contribution in [-0.4, -0.2) is 44.4 Å². The van der Waals surface area contributed by atoms with Crippen molar-refractivity contribution in [3.8, 4) is 0 Å². The summed E-state index contributed by atoms with van der Waals surface area (Å²) in [4.78, 5) is 18.8. The van der Waals surface area contributed by atoms with Gasteiger partial charge >= 0.3 is 6.18 Å². The number of carbonyl (C=O) groups is 1. The number of hydrogen-bond donors (Lipinski definition) is 1. The molecule has 0 bridgehead atoms. The summed E-state index contributed by atoms with van der Waals surface area (Å²) in [5.74, 6) is 0.458. The van der Waals surface area contributed by atoms with Crippen molar-refractivity contribution in [2.75, 3.05) is 43.7 Å². The summed E-state index contributed by atoms with van der Waals surface area (Å²) in [5.41, 5.74) is 3.12. The van der Waals surface area contributed by atoms with Crippen LogP contribution in [0.3, 0.4) is 0 Å². The van der Waals surface area contributed by atoms with Crippen LogP contribution >= 0.6 is 0 Å². The predicted octanol–water partition coefficient (Wildman–Crippen LogP) is 3.88. The molecule has 2 aromatic rings. The summed E-state index contributed by atoms with van der Waals surface area (Å²) in [6, 6.07) is 5.79. The Labute approximate surface area is 179 Å². The molecule has 1 amide bonds. The van der Waals surface area contributed by atoms with Gasteiger partial charge in [0.05, 0.1) is 30.2 Å². The first kappa shape index (κ1) is 23.0. The van der Waals surface area contributed by atoms with Gasteiger partial charge in [0.1, 0.15) is 12.4 Å². The van der Waals surface area contributed by atoms with Gasteiger partial charge in [-0.15, -0.1) is 0 Å². The molecule has 1 aromatic heterocycles. The van der Waals surface area contributed by atoms with Crippen molar-refractivity contribution < 1.29 is 27.4 Å². The molecular formula is C22H26F3N3O3. The minimum atomic E-state index is -4.34. The number of nitrogens with zero attached hydrogens (tertiary/aromatic N) is 2. The number of carbonyl (C=O) groups excluding carboxylic acids is 1. The highest BCUT2D eigenvalue weighted by atomic mass is 19.4. The molecule has 168 valence electrons. The number of rotatable bonds is 7. The third-order valence-electron chi connectivity index (χ3n) is 5.18. The van der Waals surface area contributed by atoms with E-state index in [9.17, 15) is 18.0 Å². The van der Waals surface area contributed by atoms with E-state index in [-0.39, 0.29) is 12.5 Å². The average Bonchev–Trinajstić information content (AvgIpc) is 2.72. The van der Waals surface area contributed by atoms with Gasteiger partial charge in [-0.25, -0.2) is 4.98 Å². The zero-order chi connectivity index (χ0) is 22.6. The number of ether oxygens (including phenoxy) is 2. The number of aryl methyl sites for hydroxylation is 2. The van der Waals surface area contributed by atoms with E-state index in [4.69, 9.17) is 9.47 Å². The van der Waals surface area contributed by atoms with Crippen LogP contribution < -0.4 is 10.2 Å². The minimum Gasteiger partial charge on any atom is -0.382 e. The molecule has 2 heterocycles. The molecule has 0 spiro atoms. The molecule has 1 aliphatic heterocycles. The predicted molar refractivity (Wildman–Crippen MR) is 111 cm³/mol. The standard InChI is InChI=1S/C22H26F3N3O3/c1-14-10-19(26-15(2)21(14)27-20(29)13-31-9-8-30-3)28-7-6-16-11-18(22(23,24)25)5-4-17(16)12-28/h4-5,10-11H,6-9,12-13H2,1-3H3,(H,27,29). The van der Waals surface area contributed by atoms with E-state index >= 15 is 0 Å². The van der Waals surface area contributed by atoms with Gasteiger partial charge in [0.2, 0.25) is 5.91 Å². The van der Waals surface area contributed by atoms with Gasteiger partial charge in [-0.05, 0) is 55.2 Å². The Balaban J connectivity index is 1.70. The number of amides is 1. The van der Waals surface area contributed by atoms with Gasteiger partial charge in [-0.3, -0.25) is 4.79 Å². The highest BCUT2D eigenvalue weighted by molar-refractivity contribution is 5.93. The molecule has 3 rings (SSSR count). The number of methoxy groups -OCH3 is 1. The summed E-state index contributed by atoms with van der Waals surface area (Å²) in [6.45, 7) is 5.42. The molecular weight excluding hydrogens is 411 g/mol. The molecule has 0 atom stereocenters. The Morgan fingerprint density at radius 2 is 1.97 bits per heavy atom. The van der Waals surface area contributed by atoms with Crippen LogP contribution in [0.4, 0.5) is 24.7 Å². The molecule has 1 aromatic carbocycles. The Hall–Kier alpha value is -2.65. The molecule has 0 aliphatic carbocycles. The lowest BCUT2D eigenvalue weighted by molar-refractivity contribution is -0.137. The fourth-order valence-corrected chi connectivity index (χ4v) is 3.57. The smallest absolute Gasteiger partial charge is 0.382 e. The molecule has 0 unspecified atom stereocenters. The molecule has 6 nitrogen and oxygen atoms in total. The molecule has 0 saturated carbocycles. The van der Waals surface area contributed by atoms with Gasteiger partial charge in [0, 0.05) is 20.2 Å². The Morgan fingerprint density at radius 1 is 1.19 bits per heavy atom. The van der Waals surface area contributed by atoms with E-state index < -0.39 is 11.7 Å². The first-order valence-corrected chi connectivity index (χ1v) is 9.97. The van der Waals surface area contributed by atoms with E-state index in [0.717, 1.165) is 28.6 Å². The topological polar surface area (TPSA) is 63.7 Å². The molecule has 1 aliphatic rings. The number of nitrogens with one attached hydrogen (secondary N) is 1. The van der Waals surface area contributed by atoms with Crippen LogP contribution in [0.1, 0.15) is 27.9 Å². The first-order chi connectivity index (χ1) is 14.7. The second-order valence-corrected chi connectivity index (χ2v) is 7.50. The second kappa shape index (κ2) is 9.65. The number of pyridine rings is 1. The zero-order valence-electron chi connectivity index (χ0n) is 17.8. The quantitative estimate of drug-likeness (QED) is 0.666. The van der Waals surface area contributed by atoms with Gasteiger partial charge in [-0.1, -0.05) is 6.07 Å². The first-order valence-electron chi connectivity index (χ1n) is 9.97. The van der Waals surface area contributed by atoms with E-state index in [1.54, 1.807) is 13.2 Å². The van der Waals surface area contributed by atoms with Crippen LogP contribution in [0, 0.1) is 13.8 Å². The number of hydrogen-bond acceptors (Lipinski definition) is 5. The molecule has 0 saturated heterocycles. The maximum atomic E-state index is 13.0. The summed E-state index contributed by atoms with van der Waals surface area (Å²) in [6.07, 6.45) is -3.83. The second-order valence-electron chi connectivity index (χ2n) is 7.50. The average molecular weight is 437 g/mol. The maximum Gasteiger partial charge on any atom is 0.416 e. The minimum absolute atomic E-state index is 0.0766. The van der Waals surface area contributed by atoms with Crippen molar-refractivity contribution in [1.82, 2.24) is 4.98 Å². The maximum absolute atomic E-state index is 13.0. The monoisotopic (exact) mass is 437 g/mol. The summed E-state index contributed by atoms with van der Waals surface area (Å²) >= 11 is 0. The molecule has 0 radical (unpaired) electrons. The van der Waals surface area contributed by atoms with Crippen LogP contribution in [-0.2, 0) is 33.4 Å². The van der Waals surface area contributed by atoms with Crippen molar-refractivity contribution in [3.63, 3.8) is 0 Å². The van der Waals surface area contributed by atoms with Gasteiger partial charge in [0.25, 0.3) is 0 Å². The highest BCUT2D eigenvalue weighted by Gasteiger charge is 2.31. The lowest BCUT2D eigenvalue weighted by Gasteiger charge is -2.31. The Kier molecular flexibility index (Phi) is 7.17. The highest BCUT2D eigenvalue weighted by Crippen LogP contribution is 2.33. The van der Waals surface area contributed by atoms with Gasteiger partial charge in [0.15, 0.2) is 0 Å². The number of halogens is 3. The Bertz CT molecular complexity index is 924. The van der Waals surface area contributed by atoms with E-state index in [2.05, 4.69) is 10.3 Å². The van der Waals surface area contributed by atoms with Crippen molar-refractivity contribution in [1.29, 1.82) is 0 Å². The van der Waals surface area contributed by atoms with E-state index in [1.807, 2.05) is 24.8 Å². The van der Waals surface area contributed by atoms with Crippen molar-refractivity contribution in [3.05, 3.63) is 52.2 Å². The summed E-state index contributed by atoms with van der Waals surface area (Å²) in [7, 11) is 1.56. The third-order valence-corrected chi connectivity index (χ3v) is 5.18. The van der Waals surface area contributed by atoms with Crippen LogP contribution in [0.15, 0.2) is 24.3 Å². The van der Waals surface area contributed by atoms with Crippen LogP contribution in [0.25, 0.3) is 0 Å². The zero-order valence-corrected chi connectivity index (χ0v) is 17.8. The molecule has 1 N–H and O–H groups in total. The Morgan fingerprint density at radius 3 is 2.65 bits per heavy atom. The normalized spacial score (nSPS) is 13.8. The van der Waals surface area contributed by atoms with Crippen molar-refractivity contribution in [2.24, 2.45) is 0 Å². The fraction of sp³-hybridized carbons (Fsp3) is 0.455. The van der Waals surface area contributed by atoms with E-state index in [1.165, 1.54) is 6.07 Å². The van der Waals surface area contributed by atoms with Crippen molar-refractivity contribution >= 4 is 17.4 Å². The largest absolute Gasteiger partial charge is 0.416 e. The van der Waals surface area contributed by atoms with Gasteiger partial charge in [-0.2, -0.15) is 13.2 Å². The van der Waals surface area contributed by atoms with Crippen LogP contribution in [0.2, 0.25) is 0 Å². The number of aromatic nitrogens is 1. The number of fused-ring (bicyclic) bond motifs is 1. The molecule has 9 heteroatoms. The lowest BCUT2D eigenvalue weighted by atomic mass is 9.97. The van der Waals surface area contributed by atoms with E-state index in [0.29, 0.717) is 44.1 Å². The fourth-order valence-electron chi connectivity index (χ4n) is 3.57. The molecule has 0 fully saturated rings.